The maximum atomic E-state index is 4.08. The lowest BCUT2D eigenvalue weighted by molar-refractivity contribution is 0.982. The highest BCUT2D eigenvalue weighted by Crippen LogP contribution is 1.93. The predicted molar refractivity (Wildman–Crippen MR) is 60.8 cm³/mol. The van der Waals surface area contributed by atoms with Gasteiger partial charge in [-0.25, -0.2) is 9.97 Å². The molecule has 4 heteroatoms. The van der Waals surface area contributed by atoms with E-state index >= 15 is 0 Å². The maximum Gasteiger partial charge on any atom is 0.105 e. The van der Waals surface area contributed by atoms with Crippen LogP contribution >= 0.6 is 0 Å². The Morgan fingerprint density at radius 1 is 1.00 bits per heavy atom. The van der Waals surface area contributed by atoms with Crippen molar-refractivity contribution in [2.24, 2.45) is 0 Å². The number of aromatic nitrogens is 4. The van der Waals surface area contributed by atoms with Gasteiger partial charge >= 0.3 is 0 Å². The van der Waals surface area contributed by atoms with Crippen molar-refractivity contribution in [1.82, 2.24) is 19.9 Å². The molecule has 0 radical (unpaired) electrons. The van der Waals surface area contributed by atoms with Crippen molar-refractivity contribution >= 4 is 0 Å². The molecule has 0 atom stereocenters. The lowest BCUT2D eigenvalue weighted by atomic mass is 10.5. The summed E-state index contributed by atoms with van der Waals surface area (Å²) in [5.41, 5.74) is 2.26. The summed E-state index contributed by atoms with van der Waals surface area (Å²) in [5.74, 6) is 2.06. The molecule has 0 spiro atoms. The van der Waals surface area contributed by atoms with Crippen LogP contribution in [0.15, 0.2) is 12.4 Å². The molecule has 2 aromatic heterocycles. The number of rotatable bonds is 1. The van der Waals surface area contributed by atoms with Crippen LogP contribution in [0.4, 0.5) is 0 Å². The zero-order valence-corrected chi connectivity index (χ0v) is 9.76. The first-order chi connectivity index (χ1) is 7.11. The zero-order chi connectivity index (χ0) is 11.3. The summed E-state index contributed by atoms with van der Waals surface area (Å²) in [6.07, 6.45) is 4.65. The molecule has 2 aromatic rings. The van der Waals surface area contributed by atoms with E-state index in [4.69, 9.17) is 0 Å². The van der Waals surface area contributed by atoms with Crippen molar-refractivity contribution in [3.63, 3.8) is 0 Å². The molecule has 2 rings (SSSR count). The average Bonchev–Trinajstić information content (AvgIpc) is 2.76. The first-order valence-electron chi connectivity index (χ1n) is 5.10. The number of H-pyrrole nitrogens is 2. The number of aromatic amines is 2. The average molecular weight is 206 g/mol. The molecule has 0 aliphatic heterocycles. The second-order valence-corrected chi connectivity index (χ2v) is 3.52. The molecule has 2 N–H and O–H groups in total. The second kappa shape index (κ2) is 5.34. The van der Waals surface area contributed by atoms with Gasteiger partial charge in [-0.2, -0.15) is 0 Å². The van der Waals surface area contributed by atoms with E-state index in [0.29, 0.717) is 0 Å². The van der Waals surface area contributed by atoms with Crippen LogP contribution < -0.4 is 0 Å². The summed E-state index contributed by atoms with van der Waals surface area (Å²) in [6, 6.07) is 0. The number of aryl methyl sites for hydroxylation is 4. The molecule has 15 heavy (non-hydrogen) atoms. The van der Waals surface area contributed by atoms with Crippen LogP contribution in [0.25, 0.3) is 0 Å². The Hall–Kier alpha value is -1.58. The van der Waals surface area contributed by atoms with Gasteiger partial charge in [0, 0.05) is 30.2 Å². The Kier molecular flexibility index (Phi) is 4.09. The fraction of sp³-hybridized carbons (Fsp3) is 0.455. The molecule has 2 heterocycles. The van der Waals surface area contributed by atoms with E-state index in [1.165, 1.54) is 0 Å². The molecule has 0 amide bonds. The van der Waals surface area contributed by atoms with Gasteiger partial charge in [-0.1, -0.05) is 6.92 Å². The number of nitrogens with one attached hydrogen (secondary N) is 2. The summed E-state index contributed by atoms with van der Waals surface area (Å²) < 4.78 is 0. The quantitative estimate of drug-likeness (QED) is 0.752. The fourth-order valence-electron chi connectivity index (χ4n) is 1.19. The van der Waals surface area contributed by atoms with Crippen molar-refractivity contribution in [2.45, 2.75) is 34.1 Å². The molecule has 0 aliphatic rings. The predicted octanol–water partition coefficient (Wildman–Crippen LogP) is 2.31. The molecule has 0 fully saturated rings. The standard InChI is InChI=1S/C6H10N2.C5H8N2/c1-3-6-7-4-5(2)8-6;1-4-3-6-5(2)7-4/h4H,3H2,1-2H3,(H,7,8);3H,1-2H3,(H,6,7). The van der Waals surface area contributed by atoms with E-state index in [-0.39, 0.29) is 0 Å². The molecule has 0 aromatic carbocycles. The van der Waals surface area contributed by atoms with Gasteiger partial charge in [-0.15, -0.1) is 0 Å². The maximum absolute atomic E-state index is 4.08. The van der Waals surface area contributed by atoms with Crippen LogP contribution in [0.2, 0.25) is 0 Å². The Morgan fingerprint density at radius 3 is 1.80 bits per heavy atom. The van der Waals surface area contributed by atoms with E-state index in [2.05, 4.69) is 26.9 Å². The Labute approximate surface area is 90.2 Å². The monoisotopic (exact) mass is 206 g/mol. The minimum atomic E-state index is 0.984. The van der Waals surface area contributed by atoms with E-state index in [1.54, 1.807) is 0 Å². The van der Waals surface area contributed by atoms with Crippen molar-refractivity contribution < 1.29 is 0 Å². The van der Waals surface area contributed by atoms with Gasteiger partial charge in [0.05, 0.1) is 0 Å². The number of nitrogens with zero attached hydrogens (tertiary/aromatic N) is 2. The molecule has 0 saturated carbocycles. The van der Waals surface area contributed by atoms with Crippen LogP contribution in [-0.4, -0.2) is 19.9 Å². The number of hydrogen-bond donors (Lipinski definition) is 2. The van der Waals surface area contributed by atoms with E-state index in [1.807, 2.05) is 33.2 Å². The summed E-state index contributed by atoms with van der Waals surface area (Å²) >= 11 is 0. The van der Waals surface area contributed by atoms with Crippen molar-refractivity contribution in [3.05, 3.63) is 35.4 Å². The summed E-state index contributed by atoms with van der Waals surface area (Å²) in [4.78, 5) is 14.2. The molecule has 0 unspecified atom stereocenters. The highest BCUT2D eigenvalue weighted by atomic mass is 14.9. The minimum Gasteiger partial charge on any atom is -0.346 e. The lowest BCUT2D eigenvalue weighted by Gasteiger charge is -1.82. The van der Waals surface area contributed by atoms with Crippen molar-refractivity contribution in [2.75, 3.05) is 0 Å². The van der Waals surface area contributed by atoms with E-state index < -0.39 is 0 Å². The Morgan fingerprint density at radius 2 is 1.60 bits per heavy atom. The van der Waals surface area contributed by atoms with Crippen LogP contribution in [0.5, 0.6) is 0 Å². The van der Waals surface area contributed by atoms with Crippen LogP contribution in [0.1, 0.15) is 30.0 Å². The number of hydrogen-bond acceptors (Lipinski definition) is 2. The van der Waals surface area contributed by atoms with Gasteiger partial charge in [0.2, 0.25) is 0 Å². The largest absolute Gasteiger partial charge is 0.346 e. The molecular formula is C11H18N4. The molecule has 82 valence electrons. The SMILES string of the molecule is CCc1ncc(C)[nH]1.Cc1cnc(C)[nH]1. The fourth-order valence-corrected chi connectivity index (χ4v) is 1.19. The molecular weight excluding hydrogens is 188 g/mol. The van der Waals surface area contributed by atoms with E-state index in [0.717, 1.165) is 29.5 Å². The van der Waals surface area contributed by atoms with Gasteiger partial charge in [0.25, 0.3) is 0 Å². The summed E-state index contributed by atoms with van der Waals surface area (Å²) in [6.45, 7) is 8.01. The Balaban J connectivity index is 0.000000151. The third-order valence-electron chi connectivity index (χ3n) is 1.92. The minimum absolute atomic E-state index is 0.984. The lowest BCUT2D eigenvalue weighted by Crippen LogP contribution is -1.80. The van der Waals surface area contributed by atoms with Crippen molar-refractivity contribution in [3.8, 4) is 0 Å². The summed E-state index contributed by atoms with van der Waals surface area (Å²) in [5, 5.41) is 0. The van der Waals surface area contributed by atoms with Crippen LogP contribution in [0.3, 0.4) is 0 Å². The smallest absolute Gasteiger partial charge is 0.105 e. The molecule has 0 saturated heterocycles. The van der Waals surface area contributed by atoms with Gasteiger partial charge in [0.15, 0.2) is 0 Å². The third-order valence-corrected chi connectivity index (χ3v) is 1.92. The molecule has 4 nitrogen and oxygen atoms in total. The van der Waals surface area contributed by atoms with Gasteiger partial charge < -0.3 is 9.97 Å². The normalized spacial score (nSPS) is 9.60. The van der Waals surface area contributed by atoms with Crippen LogP contribution in [0, 0.1) is 20.8 Å². The highest BCUT2D eigenvalue weighted by molar-refractivity contribution is 4.97. The molecule has 0 aliphatic carbocycles. The second-order valence-electron chi connectivity index (χ2n) is 3.52. The van der Waals surface area contributed by atoms with Crippen LogP contribution in [-0.2, 0) is 6.42 Å². The van der Waals surface area contributed by atoms with Gasteiger partial charge in [-0.3, -0.25) is 0 Å². The number of imidazole rings is 2. The van der Waals surface area contributed by atoms with Gasteiger partial charge in [-0.05, 0) is 20.8 Å². The third kappa shape index (κ3) is 3.97. The van der Waals surface area contributed by atoms with E-state index in [9.17, 15) is 0 Å². The Bertz CT molecular complexity index is 384. The first-order valence-corrected chi connectivity index (χ1v) is 5.10. The molecule has 0 bridgehead atoms. The summed E-state index contributed by atoms with van der Waals surface area (Å²) in [7, 11) is 0. The van der Waals surface area contributed by atoms with Gasteiger partial charge in [0.1, 0.15) is 11.6 Å². The zero-order valence-electron chi connectivity index (χ0n) is 9.76. The first kappa shape index (κ1) is 11.5. The topological polar surface area (TPSA) is 57.4 Å². The van der Waals surface area contributed by atoms with Crippen molar-refractivity contribution in [1.29, 1.82) is 0 Å². The highest BCUT2D eigenvalue weighted by Gasteiger charge is 1.89.